The first-order chi connectivity index (χ1) is 9.76. The molecule has 0 aliphatic heterocycles. The predicted octanol–water partition coefficient (Wildman–Crippen LogP) is 2.26. The van der Waals surface area contributed by atoms with Crippen molar-refractivity contribution in [3.8, 4) is 0 Å². The van der Waals surface area contributed by atoms with Crippen molar-refractivity contribution < 1.29 is 12.8 Å². The molecule has 1 aliphatic rings. The Balaban J connectivity index is 2.11. The summed E-state index contributed by atoms with van der Waals surface area (Å²) in [5.41, 5.74) is 0.943. The number of sulfonamides is 1. The first-order valence-corrected chi connectivity index (χ1v) is 8.73. The highest BCUT2D eigenvalue weighted by atomic mass is 32.2. The number of benzene rings is 1. The van der Waals surface area contributed by atoms with Crippen LogP contribution >= 0.6 is 0 Å². The Labute approximate surface area is 126 Å². The van der Waals surface area contributed by atoms with Gasteiger partial charge in [0, 0.05) is 13.1 Å². The van der Waals surface area contributed by atoms with Crippen LogP contribution < -0.4 is 10.0 Å². The fourth-order valence-electron chi connectivity index (χ4n) is 2.35. The summed E-state index contributed by atoms with van der Waals surface area (Å²) in [5.74, 6) is -0.377. The van der Waals surface area contributed by atoms with Crippen LogP contribution in [0.1, 0.15) is 32.8 Å². The van der Waals surface area contributed by atoms with Crippen LogP contribution in [0, 0.1) is 17.2 Å². The van der Waals surface area contributed by atoms with E-state index in [1.54, 1.807) is 6.07 Å². The topological polar surface area (TPSA) is 58.2 Å². The number of nitrogens with one attached hydrogen (secondary N) is 2. The number of rotatable bonds is 7. The van der Waals surface area contributed by atoms with Gasteiger partial charge in [0.25, 0.3) is 0 Å². The second-order valence-corrected chi connectivity index (χ2v) is 8.02. The van der Waals surface area contributed by atoms with E-state index in [-0.39, 0.29) is 10.3 Å². The van der Waals surface area contributed by atoms with Gasteiger partial charge in [0.2, 0.25) is 10.0 Å². The molecule has 0 spiro atoms. The Hall–Kier alpha value is -0.980. The normalized spacial score (nSPS) is 20.5. The van der Waals surface area contributed by atoms with Crippen molar-refractivity contribution in [3.05, 3.63) is 29.6 Å². The molecule has 0 amide bonds. The standard InChI is InChI=1S/C15H23FN2O2S/c1-4-17-9-11-5-6-13(16)14(7-11)21(19,20)18-10-12-8-15(12,2)3/h5-7,12,17-18H,4,8-10H2,1-3H3. The minimum Gasteiger partial charge on any atom is -0.313 e. The van der Waals surface area contributed by atoms with Gasteiger partial charge in [0.1, 0.15) is 10.7 Å². The Morgan fingerprint density at radius 1 is 1.38 bits per heavy atom. The van der Waals surface area contributed by atoms with Gasteiger partial charge in [-0.15, -0.1) is 0 Å². The third kappa shape index (κ3) is 4.02. The van der Waals surface area contributed by atoms with Crippen molar-refractivity contribution in [2.75, 3.05) is 13.1 Å². The first-order valence-electron chi connectivity index (χ1n) is 7.25. The maximum absolute atomic E-state index is 13.8. The van der Waals surface area contributed by atoms with Crippen LogP contribution in [0.4, 0.5) is 4.39 Å². The average molecular weight is 314 g/mol. The molecule has 1 unspecified atom stereocenters. The molecule has 1 saturated carbocycles. The molecule has 0 saturated heterocycles. The van der Waals surface area contributed by atoms with Gasteiger partial charge in [-0.1, -0.05) is 26.8 Å². The third-order valence-electron chi connectivity index (χ3n) is 4.10. The number of hydrogen-bond acceptors (Lipinski definition) is 3. The Bertz CT molecular complexity index is 614. The monoisotopic (exact) mass is 314 g/mol. The van der Waals surface area contributed by atoms with Gasteiger partial charge in [-0.3, -0.25) is 0 Å². The van der Waals surface area contributed by atoms with Gasteiger partial charge in [-0.05, 0) is 42.0 Å². The lowest BCUT2D eigenvalue weighted by Gasteiger charge is -2.10. The largest absolute Gasteiger partial charge is 0.313 e. The Morgan fingerprint density at radius 2 is 2.05 bits per heavy atom. The van der Waals surface area contributed by atoms with Crippen molar-refractivity contribution >= 4 is 10.0 Å². The summed E-state index contributed by atoms with van der Waals surface area (Å²) in [6, 6.07) is 4.21. The second kappa shape index (κ2) is 6.02. The summed E-state index contributed by atoms with van der Waals surface area (Å²) >= 11 is 0. The quantitative estimate of drug-likeness (QED) is 0.811. The maximum atomic E-state index is 13.8. The molecule has 1 aromatic carbocycles. The minimum atomic E-state index is -3.80. The third-order valence-corrected chi connectivity index (χ3v) is 5.54. The van der Waals surface area contributed by atoms with Gasteiger partial charge in [0.05, 0.1) is 0 Å². The zero-order valence-electron chi connectivity index (χ0n) is 12.7. The summed E-state index contributed by atoms with van der Waals surface area (Å²) < 4.78 is 40.9. The van der Waals surface area contributed by atoms with E-state index in [1.165, 1.54) is 12.1 Å². The lowest BCUT2D eigenvalue weighted by atomic mass is 10.1. The van der Waals surface area contributed by atoms with E-state index in [0.29, 0.717) is 19.0 Å². The van der Waals surface area contributed by atoms with Crippen molar-refractivity contribution in [2.45, 2.75) is 38.6 Å². The summed E-state index contributed by atoms with van der Waals surface area (Å²) in [6.45, 7) is 7.82. The van der Waals surface area contributed by atoms with Crippen molar-refractivity contribution in [2.24, 2.45) is 11.3 Å². The fourth-order valence-corrected chi connectivity index (χ4v) is 3.55. The van der Waals surface area contributed by atoms with Gasteiger partial charge >= 0.3 is 0 Å². The van der Waals surface area contributed by atoms with E-state index in [4.69, 9.17) is 0 Å². The van der Waals surface area contributed by atoms with Crippen molar-refractivity contribution in [1.29, 1.82) is 0 Å². The fraction of sp³-hybridized carbons (Fsp3) is 0.600. The second-order valence-electron chi connectivity index (χ2n) is 6.29. The summed E-state index contributed by atoms with van der Waals surface area (Å²) in [7, 11) is -3.80. The highest BCUT2D eigenvalue weighted by molar-refractivity contribution is 7.89. The van der Waals surface area contributed by atoms with Crippen LogP contribution in [0.3, 0.4) is 0 Å². The molecule has 1 atom stereocenters. The van der Waals surface area contributed by atoms with E-state index in [1.807, 2.05) is 6.92 Å². The highest BCUT2D eigenvalue weighted by Crippen LogP contribution is 2.51. The molecule has 1 fully saturated rings. The molecule has 1 aromatic rings. The smallest absolute Gasteiger partial charge is 0.243 e. The highest BCUT2D eigenvalue weighted by Gasteiger charge is 2.45. The molecule has 6 heteroatoms. The molecule has 2 rings (SSSR count). The SMILES string of the molecule is CCNCc1ccc(F)c(S(=O)(=O)NCC2CC2(C)C)c1. The maximum Gasteiger partial charge on any atom is 0.243 e. The van der Waals surface area contributed by atoms with Gasteiger partial charge in [-0.2, -0.15) is 0 Å². The van der Waals surface area contributed by atoms with Crippen LogP contribution in [-0.2, 0) is 16.6 Å². The molecule has 0 heterocycles. The zero-order chi connectivity index (χ0) is 15.7. The van der Waals surface area contributed by atoms with Crippen molar-refractivity contribution in [3.63, 3.8) is 0 Å². The number of halogens is 1. The van der Waals surface area contributed by atoms with E-state index < -0.39 is 15.8 Å². The molecule has 21 heavy (non-hydrogen) atoms. The molecule has 0 aromatic heterocycles. The molecular formula is C15H23FN2O2S. The number of hydrogen-bond donors (Lipinski definition) is 2. The van der Waals surface area contributed by atoms with Crippen LogP contribution in [0.25, 0.3) is 0 Å². The molecule has 0 radical (unpaired) electrons. The molecular weight excluding hydrogens is 291 g/mol. The van der Waals surface area contributed by atoms with E-state index in [2.05, 4.69) is 23.9 Å². The van der Waals surface area contributed by atoms with Gasteiger partial charge in [-0.25, -0.2) is 17.5 Å². The predicted molar refractivity (Wildman–Crippen MR) is 80.9 cm³/mol. The van der Waals surface area contributed by atoms with Crippen LogP contribution in [0.5, 0.6) is 0 Å². The van der Waals surface area contributed by atoms with Crippen molar-refractivity contribution in [1.82, 2.24) is 10.0 Å². The zero-order valence-corrected chi connectivity index (χ0v) is 13.6. The molecule has 2 N–H and O–H groups in total. The average Bonchev–Trinajstić information content (AvgIpc) is 3.03. The minimum absolute atomic E-state index is 0.188. The molecule has 1 aliphatic carbocycles. The summed E-state index contributed by atoms with van der Waals surface area (Å²) in [6.07, 6.45) is 0.998. The molecule has 0 bridgehead atoms. The summed E-state index contributed by atoms with van der Waals surface area (Å²) in [5, 5.41) is 3.10. The molecule has 4 nitrogen and oxygen atoms in total. The van der Waals surface area contributed by atoms with E-state index in [9.17, 15) is 12.8 Å². The van der Waals surface area contributed by atoms with E-state index >= 15 is 0 Å². The molecule has 118 valence electrons. The Kier molecular flexibility index (Phi) is 4.70. The first kappa shape index (κ1) is 16.4. The lowest BCUT2D eigenvalue weighted by molar-refractivity contribution is 0.530. The van der Waals surface area contributed by atoms with Gasteiger partial charge < -0.3 is 5.32 Å². The lowest BCUT2D eigenvalue weighted by Crippen LogP contribution is -2.28. The Morgan fingerprint density at radius 3 is 2.62 bits per heavy atom. The van der Waals surface area contributed by atoms with E-state index in [0.717, 1.165) is 18.5 Å². The van der Waals surface area contributed by atoms with Gasteiger partial charge in [0.15, 0.2) is 0 Å². The van der Waals surface area contributed by atoms with Crippen LogP contribution in [-0.4, -0.2) is 21.5 Å². The van der Waals surface area contributed by atoms with Crippen LogP contribution in [0.15, 0.2) is 23.1 Å². The summed E-state index contributed by atoms with van der Waals surface area (Å²) in [4.78, 5) is -0.267. The van der Waals surface area contributed by atoms with Crippen LogP contribution in [0.2, 0.25) is 0 Å².